The number of carbonyl (C=O) groups is 1. The molecule has 0 radical (unpaired) electrons. The zero-order chi connectivity index (χ0) is 14.2. The van der Waals surface area contributed by atoms with E-state index in [1.807, 2.05) is 0 Å². The molecule has 2 aromatic rings. The maximum atomic E-state index is 12.8. The number of hydrogen-bond donors (Lipinski definition) is 1. The second-order valence-electron chi connectivity index (χ2n) is 4.08. The molecule has 2 aromatic heterocycles. The number of imidazole rings is 1. The van der Waals surface area contributed by atoms with Crippen LogP contribution < -0.4 is 0 Å². The van der Waals surface area contributed by atoms with Crippen LogP contribution >= 0.6 is 0 Å². The van der Waals surface area contributed by atoms with E-state index in [1.54, 1.807) is 6.92 Å². The lowest BCUT2D eigenvalue weighted by molar-refractivity contribution is -0.136. The number of alkyl halides is 3. The van der Waals surface area contributed by atoms with Crippen LogP contribution in [0.25, 0.3) is 5.65 Å². The lowest BCUT2D eigenvalue weighted by atomic mass is 10.2. The van der Waals surface area contributed by atoms with Crippen molar-refractivity contribution in [3.05, 3.63) is 35.3 Å². The fourth-order valence-corrected chi connectivity index (χ4v) is 1.97. The second kappa shape index (κ2) is 4.56. The summed E-state index contributed by atoms with van der Waals surface area (Å²) in [5, 5.41) is 9.13. The summed E-state index contributed by atoms with van der Waals surface area (Å²) in [6.45, 7) is 1.81. The van der Waals surface area contributed by atoms with E-state index >= 15 is 0 Å². The van der Waals surface area contributed by atoms with Gasteiger partial charge in [-0.05, 0) is 18.6 Å². The summed E-state index contributed by atoms with van der Waals surface area (Å²) in [5.74, 6) is -1.28. The van der Waals surface area contributed by atoms with Crippen molar-refractivity contribution in [3.8, 4) is 0 Å². The smallest absolute Gasteiger partial charge is 0.419 e. The summed E-state index contributed by atoms with van der Waals surface area (Å²) in [5.41, 5.74) is -1.33. The first-order valence-corrected chi connectivity index (χ1v) is 5.66. The second-order valence-corrected chi connectivity index (χ2v) is 4.08. The Hall–Kier alpha value is -2.05. The molecule has 0 saturated carbocycles. The van der Waals surface area contributed by atoms with Gasteiger partial charge in [0.1, 0.15) is 5.65 Å². The van der Waals surface area contributed by atoms with Gasteiger partial charge in [0.15, 0.2) is 5.69 Å². The highest BCUT2D eigenvalue weighted by Gasteiger charge is 2.35. The highest BCUT2D eigenvalue weighted by molar-refractivity contribution is 5.88. The Morgan fingerprint density at radius 2 is 2.16 bits per heavy atom. The Kier molecular flexibility index (Phi) is 3.21. The molecule has 0 aromatic carbocycles. The van der Waals surface area contributed by atoms with Crippen LogP contribution in [0.2, 0.25) is 0 Å². The maximum Gasteiger partial charge on any atom is 0.419 e. The van der Waals surface area contributed by atoms with Gasteiger partial charge in [0, 0.05) is 6.20 Å². The van der Waals surface area contributed by atoms with Gasteiger partial charge in [-0.2, -0.15) is 13.2 Å². The molecule has 0 amide bonds. The number of aromatic nitrogens is 2. The summed E-state index contributed by atoms with van der Waals surface area (Å²) in [7, 11) is 0. The lowest BCUT2D eigenvalue weighted by Gasteiger charge is -2.07. The Bertz CT molecular complexity index is 632. The summed E-state index contributed by atoms with van der Waals surface area (Å²) in [6, 6.07) is 2.06. The zero-order valence-corrected chi connectivity index (χ0v) is 10.0. The van der Waals surface area contributed by atoms with Crippen LogP contribution in [0.5, 0.6) is 0 Å². The normalized spacial score (nSPS) is 12.0. The topological polar surface area (TPSA) is 54.6 Å². The van der Waals surface area contributed by atoms with Crippen LogP contribution in [0, 0.1) is 0 Å². The molecule has 7 heteroatoms. The van der Waals surface area contributed by atoms with Crippen LogP contribution in [0.1, 0.15) is 35.1 Å². The minimum Gasteiger partial charge on any atom is -0.477 e. The molecule has 4 nitrogen and oxygen atoms in total. The minimum atomic E-state index is -4.56. The molecule has 0 atom stereocenters. The van der Waals surface area contributed by atoms with Crippen LogP contribution in [-0.4, -0.2) is 20.5 Å². The molecule has 0 aliphatic carbocycles. The Labute approximate surface area is 106 Å². The third kappa shape index (κ3) is 2.27. The molecule has 2 rings (SSSR count). The Morgan fingerprint density at radius 3 is 2.68 bits per heavy atom. The Balaban J connectivity index is 2.79. The van der Waals surface area contributed by atoms with Gasteiger partial charge in [-0.3, -0.25) is 4.40 Å². The van der Waals surface area contributed by atoms with Crippen molar-refractivity contribution < 1.29 is 23.1 Å². The van der Waals surface area contributed by atoms with E-state index in [0.29, 0.717) is 12.8 Å². The number of fused-ring (bicyclic) bond motifs is 1. The first-order chi connectivity index (χ1) is 8.86. The number of halogens is 3. The van der Waals surface area contributed by atoms with Gasteiger partial charge in [-0.1, -0.05) is 13.3 Å². The number of aryl methyl sites for hydroxylation is 1. The van der Waals surface area contributed by atoms with E-state index in [-0.39, 0.29) is 17.0 Å². The van der Waals surface area contributed by atoms with Gasteiger partial charge in [0.25, 0.3) is 0 Å². The van der Waals surface area contributed by atoms with Crippen molar-refractivity contribution >= 4 is 11.6 Å². The fraction of sp³-hybridized carbons (Fsp3) is 0.333. The molecule has 102 valence electrons. The first-order valence-electron chi connectivity index (χ1n) is 5.66. The van der Waals surface area contributed by atoms with Crippen LogP contribution in [0.15, 0.2) is 18.3 Å². The standard InChI is InChI=1S/C12H11F3N2O2/c1-2-4-8-9(11(18)19)17-6-3-5-7(10(17)16-8)12(13,14)15/h3,5-6H,2,4H2,1H3,(H,18,19). The number of carboxylic acid groups (broad SMARTS) is 1. The van der Waals surface area contributed by atoms with Gasteiger partial charge < -0.3 is 5.11 Å². The van der Waals surface area contributed by atoms with Crippen LogP contribution in [0.4, 0.5) is 13.2 Å². The number of rotatable bonds is 3. The number of carboxylic acids is 1. The van der Waals surface area contributed by atoms with Gasteiger partial charge in [-0.25, -0.2) is 9.78 Å². The summed E-state index contributed by atoms with van der Waals surface area (Å²) >= 11 is 0. The van der Waals surface area contributed by atoms with Gasteiger partial charge in [0.2, 0.25) is 0 Å². The average Bonchev–Trinajstić information content (AvgIpc) is 2.65. The summed E-state index contributed by atoms with van der Waals surface area (Å²) in [4.78, 5) is 15.0. The Morgan fingerprint density at radius 1 is 1.47 bits per heavy atom. The summed E-state index contributed by atoms with van der Waals surface area (Å²) in [6.07, 6.45) is -2.36. The molecule has 0 bridgehead atoms. The van der Waals surface area contributed by atoms with Gasteiger partial charge in [-0.15, -0.1) is 0 Å². The van der Waals surface area contributed by atoms with Crippen LogP contribution in [-0.2, 0) is 12.6 Å². The van der Waals surface area contributed by atoms with E-state index in [4.69, 9.17) is 5.11 Å². The number of aromatic carboxylic acids is 1. The quantitative estimate of drug-likeness (QED) is 0.934. The largest absolute Gasteiger partial charge is 0.477 e. The monoisotopic (exact) mass is 272 g/mol. The summed E-state index contributed by atoms with van der Waals surface area (Å²) < 4.78 is 39.5. The predicted octanol–water partition coefficient (Wildman–Crippen LogP) is 3.00. The van der Waals surface area contributed by atoms with Crippen molar-refractivity contribution in [2.75, 3.05) is 0 Å². The fourth-order valence-electron chi connectivity index (χ4n) is 1.97. The zero-order valence-electron chi connectivity index (χ0n) is 10.0. The molecule has 0 fully saturated rings. The molecule has 0 aliphatic heterocycles. The molecule has 1 N–H and O–H groups in total. The van der Waals surface area contributed by atoms with E-state index in [0.717, 1.165) is 10.5 Å². The SMILES string of the molecule is CCCc1nc2c(C(F)(F)F)cccn2c1C(=O)O. The molecular weight excluding hydrogens is 261 g/mol. The molecule has 0 spiro atoms. The minimum absolute atomic E-state index is 0.173. The van der Waals surface area contributed by atoms with Crippen molar-refractivity contribution in [1.29, 1.82) is 0 Å². The first kappa shape index (κ1) is 13.4. The third-order valence-electron chi connectivity index (χ3n) is 2.72. The van der Waals surface area contributed by atoms with Crippen molar-refractivity contribution in [3.63, 3.8) is 0 Å². The van der Waals surface area contributed by atoms with E-state index in [9.17, 15) is 18.0 Å². The highest BCUT2D eigenvalue weighted by atomic mass is 19.4. The molecular formula is C12H11F3N2O2. The van der Waals surface area contributed by atoms with Gasteiger partial charge in [0.05, 0.1) is 11.3 Å². The number of nitrogens with zero attached hydrogens (tertiary/aromatic N) is 2. The van der Waals surface area contributed by atoms with Crippen molar-refractivity contribution in [2.24, 2.45) is 0 Å². The van der Waals surface area contributed by atoms with Gasteiger partial charge >= 0.3 is 12.1 Å². The van der Waals surface area contributed by atoms with Crippen LogP contribution in [0.3, 0.4) is 0 Å². The molecule has 0 unspecified atom stereocenters. The number of pyridine rings is 1. The predicted molar refractivity (Wildman–Crippen MR) is 61.1 cm³/mol. The van der Waals surface area contributed by atoms with E-state index < -0.39 is 17.7 Å². The number of hydrogen-bond acceptors (Lipinski definition) is 2. The van der Waals surface area contributed by atoms with E-state index in [1.165, 1.54) is 12.3 Å². The van der Waals surface area contributed by atoms with Crippen molar-refractivity contribution in [1.82, 2.24) is 9.38 Å². The van der Waals surface area contributed by atoms with E-state index in [2.05, 4.69) is 4.98 Å². The van der Waals surface area contributed by atoms with Crippen molar-refractivity contribution in [2.45, 2.75) is 25.9 Å². The third-order valence-corrected chi connectivity index (χ3v) is 2.72. The lowest BCUT2D eigenvalue weighted by Crippen LogP contribution is -2.09. The highest BCUT2D eigenvalue weighted by Crippen LogP contribution is 2.32. The molecule has 0 aliphatic rings. The average molecular weight is 272 g/mol. The molecule has 2 heterocycles. The molecule has 0 saturated heterocycles. The molecule has 19 heavy (non-hydrogen) atoms. The maximum absolute atomic E-state index is 12.8.